The summed E-state index contributed by atoms with van der Waals surface area (Å²) in [5, 5.41) is 0. The molecule has 0 bridgehead atoms. The van der Waals surface area contributed by atoms with Gasteiger partial charge in [-0.3, -0.25) is 4.79 Å². The highest BCUT2D eigenvalue weighted by Crippen LogP contribution is 2.31. The Morgan fingerprint density at radius 3 is 3.00 bits per heavy atom. The summed E-state index contributed by atoms with van der Waals surface area (Å²) in [6.07, 6.45) is 3.50. The number of ether oxygens (including phenoxy) is 1. The first-order valence-corrected chi connectivity index (χ1v) is 9.08. The topological polar surface area (TPSA) is 70.5 Å². The summed E-state index contributed by atoms with van der Waals surface area (Å²) in [5.74, 6) is 0.253. The largest absolute Gasteiger partial charge is 0.378 e. The zero-order valence-electron chi connectivity index (χ0n) is 11.9. The monoisotopic (exact) mass is 308 g/mol. The van der Waals surface area contributed by atoms with Gasteiger partial charge in [0.25, 0.3) is 0 Å². The second-order valence-corrected chi connectivity index (χ2v) is 7.76. The van der Waals surface area contributed by atoms with Crippen LogP contribution in [-0.4, -0.2) is 35.1 Å². The van der Waals surface area contributed by atoms with E-state index in [-0.39, 0.29) is 17.8 Å². The maximum Gasteiger partial charge on any atom is 0.227 e. The fourth-order valence-electron chi connectivity index (χ4n) is 2.96. The minimum atomic E-state index is -2.76. The molecule has 6 heteroatoms. The molecule has 0 spiro atoms. The molecule has 1 saturated heterocycles. The van der Waals surface area contributed by atoms with E-state index in [0.717, 1.165) is 25.9 Å². The predicted molar refractivity (Wildman–Crippen MR) is 81.0 cm³/mol. The molecule has 2 heterocycles. The second-order valence-electron chi connectivity index (χ2n) is 5.57. The smallest absolute Gasteiger partial charge is 0.227 e. The van der Waals surface area contributed by atoms with Crippen LogP contribution in [0.25, 0.3) is 0 Å². The fourth-order valence-corrected chi connectivity index (χ4v) is 4.43. The standard InChI is InChI=1S/C15H20N2O3S/c16-21(19)11-9-17(13-5-1-2-6-14(13)21)15(18)8-7-12-4-3-10-20-12/h1-2,5-6,12,16H,3-4,7-11H2. The number of amides is 1. The van der Waals surface area contributed by atoms with Crippen LogP contribution in [0, 0.1) is 4.78 Å². The Kier molecular flexibility index (Phi) is 3.99. The SMILES string of the molecule is N=S1(=O)CCN(C(=O)CCC2CCCO2)c2ccccc21. The van der Waals surface area contributed by atoms with Gasteiger partial charge in [0, 0.05) is 19.6 Å². The molecule has 1 N–H and O–H groups in total. The van der Waals surface area contributed by atoms with E-state index >= 15 is 0 Å². The van der Waals surface area contributed by atoms with Crippen molar-refractivity contribution in [3.8, 4) is 0 Å². The normalized spacial score (nSPS) is 28.4. The van der Waals surface area contributed by atoms with Gasteiger partial charge in [0.1, 0.15) is 0 Å². The third-order valence-electron chi connectivity index (χ3n) is 4.12. The van der Waals surface area contributed by atoms with Crippen LogP contribution in [0.4, 0.5) is 5.69 Å². The number of nitrogens with zero attached hydrogens (tertiary/aromatic N) is 1. The molecule has 0 radical (unpaired) electrons. The first-order valence-electron chi connectivity index (χ1n) is 7.35. The van der Waals surface area contributed by atoms with E-state index in [1.165, 1.54) is 0 Å². The van der Waals surface area contributed by atoms with Gasteiger partial charge >= 0.3 is 0 Å². The first kappa shape index (κ1) is 14.5. The van der Waals surface area contributed by atoms with Crippen molar-refractivity contribution in [2.75, 3.05) is 23.8 Å². The number of fused-ring (bicyclic) bond motifs is 1. The molecule has 1 fully saturated rings. The summed E-state index contributed by atoms with van der Waals surface area (Å²) in [7, 11) is -2.76. The Labute approximate surface area is 125 Å². The van der Waals surface area contributed by atoms with E-state index in [1.807, 2.05) is 6.07 Å². The minimum Gasteiger partial charge on any atom is -0.378 e. The average molecular weight is 308 g/mol. The summed E-state index contributed by atoms with van der Waals surface area (Å²) in [6.45, 7) is 1.16. The van der Waals surface area contributed by atoms with Crippen molar-refractivity contribution in [2.45, 2.75) is 36.7 Å². The number of anilines is 1. The van der Waals surface area contributed by atoms with Crippen LogP contribution in [0.3, 0.4) is 0 Å². The Morgan fingerprint density at radius 2 is 2.24 bits per heavy atom. The van der Waals surface area contributed by atoms with Gasteiger partial charge in [0.15, 0.2) is 0 Å². The molecule has 2 atom stereocenters. The summed E-state index contributed by atoms with van der Waals surface area (Å²) in [6, 6.07) is 7.07. The van der Waals surface area contributed by atoms with Crippen LogP contribution < -0.4 is 4.90 Å². The molecule has 3 rings (SSSR count). The van der Waals surface area contributed by atoms with Crippen molar-refractivity contribution in [1.29, 1.82) is 4.78 Å². The fraction of sp³-hybridized carbons (Fsp3) is 0.533. The minimum absolute atomic E-state index is 0.0350. The highest BCUT2D eigenvalue weighted by Gasteiger charge is 2.29. The molecule has 5 nitrogen and oxygen atoms in total. The number of benzene rings is 1. The van der Waals surface area contributed by atoms with Crippen molar-refractivity contribution >= 4 is 21.3 Å². The lowest BCUT2D eigenvalue weighted by Crippen LogP contribution is -2.39. The summed E-state index contributed by atoms with van der Waals surface area (Å²) >= 11 is 0. The van der Waals surface area contributed by atoms with Gasteiger partial charge in [-0.15, -0.1) is 0 Å². The van der Waals surface area contributed by atoms with E-state index in [9.17, 15) is 9.00 Å². The molecule has 21 heavy (non-hydrogen) atoms. The van der Waals surface area contributed by atoms with Crippen LogP contribution in [-0.2, 0) is 19.3 Å². The van der Waals surface area contributed by atoms with Gasteiger partial charge in [-0.1, -0.05) is 12.1 Å². The number of carbonyl (C=O) groups excluding carboxylic acids is 1. The van der Waals surface area contributed by atoms with Crippen molar-refractivity contribution in [3.05, 3.63) is 24.3 Å². The highest BCUT2D eigenvalue weighted by atomic mass is 32.2. The number of hydrogen-bond donors (Lipinski definition) is 1. The Bertz CT molecular complexity index is 636. The lowest BCUT2D eigenvalue weighted by atomic mass is 10.1. The Balaban J connectivity index is 1.75. The third-order valence-corrected chi connectivity index (χ3v) is 5.93. The van der Waals surface area contributed by atoms with E-state index in [4.69, 9.17) is 9.52 Å². The lowest BCUT2D eigenvalue weighted by molar-refractivity contribution is -0.119. The molecule has 0 aromatic heterocycles. The first-order chi connectivity index (χ1) is 10.1. The molecule has 2 aliphatic heterocycles. The van der Waals surface area contributed by atoms with Gasteiger partial charge in [-0.2, -0.15) is 0 Å². The van der Waals surface area contributed by atoms with Crippen LogP contribution >= 0.6 is 0 Å². The second kappa shape index (κ2) is 5.77. The maximum absolute atomic E-state index is 12.4. The molecule has 0 aliphatic carbocycles. The van der Waals surface area contributed by atoms with Crippen molar-refractivity contribution in [2.24, 2.45) is 0 Å². The van der Waals surface area contributed by atoms with Crippen LogP contribution in [0.15, 0.2) is 29.2 Å². The average Bonchev–Trinajstić information content (AvgIpc) is 2.98. The molecule has 1 aromatic carbocycles. The molecular weight excluding hydrogens is 288 g/mol. The molecule has 1 amide bonds. The van der Waals surface area contributed by atoms with E-state index in [0.29, 0.717) is 23.5 Å². The number of rotatable bonds is 3. The van der Waals surface area contributed by atoms with E-state index in [2.05, 4.69) is 0 Å². The van der Waals surface area contributed by atoms with Crippen LogP contribution in [0.2, 0.25) is 0 Å². The lowest BCUT2D eigenvalue weighted by Gasteiger charge is -2.30. The zero-order chi connectivity index (χ0) is 14.9. The third kappa shape index (κ3) is 2.96. The van der Waals surface area contributed by atoms with Gasteiger partial charge in [0.05, 0.1) is 32.2 Å². The van der Waals surface area contributed by atoms with Gasteiger partial charge in [0.2, 0.25) is 5.91 Å². The van der Waals surface area contributed by atoms with Crippen molar-refractivity contribution < 1.29 is 13.7 Å². The van der Waals surface area contributed by atoms with Crippen molar-refractivity contribution in [1.82, 2.24) is 0 Å². The summed E-state index contributed by atoms with van der Waals surface area (Å²) in [4.78, 5) is 14.6. The Morgan fingerprint density at radius 1 is 1.43 bits per heavy atom. The van der Waals surface area contributed by atoms with E-state index in [1.54, 1.807) is 23.1 Å². The molecule has 2 unspecified atom stereocenters. The van der Waals surface area contributed by atoms with E-state index < -0.39 is 9.73 Å². The van der Waals surface area contributed by atoms with Crippen LogP contribution in [0.5, 0.6) is 0 Å². The van der Waals surface area contributed by atoms with Gasteiger partial charge in [-0.25, -0.2) is 8.99 Å². The highest BCUT2D eigenvalue weighted by molar-refractivity contribution is 7.92. The number of carbonyl (C=O) groups is 1. The molecule has 114 valence electrons. The Hall–Kier alpha value is -1.40. The summed E-state index contributed by atoms with van der Waals surface area (Å²) < 4.78 is 25.8. The molecule has 0 saturated carbocycles. The summed E-state index contributed by atoms with van der Waals surface area (Å²) in [5.41, 5.74) is 0.640. The maximum atomic E-state index is 12.4. The number of nitrogens with one attached hydrogen (secondary N) is 1. The quantitative estimate of drug-likeness (QED) is 0.932. The molecular formula is C15H20N2O3S. The van der Waals surface area contributed by atoms with Crippen molar-refractivity contribution in [3.63, 3.8) is 0 Å². The van der Waals surface area contributed by atoms with Gasteiger partial charge < -0.3 is 9.64 Å². The number of para-hydroxylation sites is 1. The van der Waals surface area contributed by atoms with Gasteiger partial charge in [-0.05, 0) is 31.4 Å². The number of hydrogen-bond acceptors (Lipinski definition) is 4. The van der Waals surface area contributed by atoms with Crippen LogP contribution in [0.1, 0.15) is 25.7 Å². The molecule has 2 aliphatic rings. The predicted octanol–water partition coefficient (Wildman–Crippen LogP) is 2.40. The zero-order valence-corrected chi connectivity index (χ0v) is 12.7. The molecule has 1 aromatic rings.